The molecule has 0 N–H and O–H groups in total. The van der Waals surface area contributed by atoms with Gasteiger partial charge >= 0.3 is 0 Å². The Morgan fingerprint density at radius 3 is 1.88 bits per heavy atom. The van der Waals surface area contributed by atoms with Crippen LogP contribution in [0.1, 0.15) is 25.0 Å². The first-order chi connectivity index (χ1) is 11.7. The molecule has 0 unspecified atom stereocenters. The molecule has 0 spiro atoms. The number of rotatable bonds is 5. The lowest BCUT2D eigenvalue weighted by molar-refractivity contribution is 0.209. The van der Waals surface area contributed by atoms with E-state index in [-0.39, 0.29) is 0 Å². The second-order valence-corrected chi connectivity index (χ2v) is 6.81. The molecule has 0 atom stereocenters. The van der Waals surface area contributed by atoms with E-state index in [0.29, 0.717) is 6.04 Å². The van der Waals surface area contributed by atoms with Gasteiger partial charge < -0.3 is 9.64 Å². The second-order valence-electron chi connectivity index (χ2n) is 6.81. The van der Waals surface area contributed by atoms with E-state index in [1.54, 1.807) is 7.11 Å². The number of ether oxygens (including phenoxy) is 1. The average Bonchev–Trinajstić information content (AvgIpc) is 2.63. The van der Waals surface area contributed by atoms with Gasteiger partial charge in [-0.1, -0.05) is 24.3 Å². The minimum absolute atomic E-state index is 0.652. The fourth-order valence-electron chi connectivity index (χ4n) is 3.30. The molecular formula is C21H28N2O. The molecule has 1 fully saturated rings. The Morgan fingerprint density at radius 2 is 1.38 bits per heavy atom. The molecule has 3 heteroatoms. The van der Waals surface area contributed by atoms with E-state index in [0.717, 1.165) is 38.3 Å². The zero-order valence-electron chi connectivity index (χ0n) is 15.0. The summed E-state index contributed by atoms with van der Waals surface area (Å²) in [7, 11) is 1.70. The summed E-state index contributed by atoms with van der Waals surface area (Å²) in [5, 5.41) is 0. The highest BCUT2D eigenvalue weighted by Gasteiger charge is 2.18. The number of piperazine rings is 1. The highest BCUT2D eigenvalue weighted by molar-refractivity contribution is 5.48. The molecule has 3 nitrogen and oxygen atoms in total. The van der Waals surface area contributed by atoms with Crippen LogP contribution in [-0.2, 0) is 6.42 Å². The normalized spacial score (nSPS) is 15.8. The average molecular weight is 324 g/mol. The molecule has 1 aliphatic rings. The molecule has 0 aromatic heterocycles. The van der Waals surface area contributed by atoms with Gasteiger partial charge in [0.05, 0.1) is 7.11 Å². The maximum absolute atomic E-state index is 5.22. The number of methoxy groups -OCH3 is 1. The van der Waals surface area contributed by atoms with Crippen molar-refractivity contribution in [2.24, 2.45) is 0 Å². The van der Waals surface area contributed by atoms with Crippen LogP contribution in [0.3, 0.4) is 0 Å². The first-order valence-electron chi connectivity index (χ1n) is 8.86. The quantitative estimate of drug-likeness (QED) is 0.831. The first-order valence-corrected chi connectivity index (χ1v) is 8.86. The minimum Gasteiger partial charge on any atom is -0.497 e. The summed E-state index contributed by atoms with van der Waals surface area (Å²) in [6.07, 6.45) is 0.964. The molecule has 128 valence electrons. The maximum Gasteiger partial charge on any atom is 0.118 e. The summed E-state index contributed by atoms with van der Waals surface area (Å²) in [4.78, 5) is 5.05. The summed E-state index contributed by atoms with van der Waals surface area (Å²) in [5.74, 6) is 0.912. The summed E-state index contributed by atoms with van der Waals surface area (Å²) in [6, 6.07) is 18.0. The number of hydrogen-bond donors (Lipinski definition) is 0. The van der Waals surface area contributed by atoms with Crippen LogP contribution in [-0.4, -0.2) is 44.2 Å². The van der Waals surface area contributed by atoms with E-state index in [2.05, 4.69) is 60.0 Å². The zero-order chi connectivity index (χ0) is 16.9. The Labute approximate surface area is 145 Å². The number of nitrogens with zero attached hydrogens (tertiary/aromatic N) is 2. The van der Waals surface area contributed by atoms with Crippen LogP contribution in [0, 0.1) is 0 Å². The van der Waals surface area contributed by atoms with Crippen LogP contribution in [0.25, 0.3) is 0 Å². The molecule has 1 aliphatic heterocycles. The van der Waals surface area contributed by atoms with Crippen LogP contribution in [0.5, 0.6) is 5.75 Å². The second kappa shape index (κ2) is 7.71. The largest absolute Gasteiger partial charge is 0.497 e. The molecule has 0 aliphatic carbocycles. The Kier molecular flexibility index (Phi) is 5.41. The lowest BCUT2D eigenvalue weighted by Crippen LogP contribution is -2.48. The maximum atomic E-state index is 5.22. The highest BCUT2D eigenvalue weighted by Crippen LogP contribution is 2.20. The predicted molar refractivity (Wildman–Crippen MR) is 101 cm³/mol. The molecule has 0 saturated carbocycles. The monoisotopic (exact) mass is 324 g/mol. The van der Waals surface area contributed by atoms with Crippen LogP contribution >= 0.6 is 0 Å². The van der Waals surface area contributed by atoms with Gasteiger partial charge in [0.25, 0.3) is 0 Å². The first kappa shape index (κ1) is 16.8. The summed E-state index contributed by atoms with van der Waals surface area (Å²) in [5.41, 5.74) is 4.01. The number of anilines is 1. The Hall–Kier alpha value is -2.00. The summed E-state index contributed by atoms with van der Waals surface area (Å²) < 4.78 is 5.22. The molecule has 0 bridgehead atoms. The van der Waals surface area contributed by atoms with E-state index in [9.17, 15) is 0 Å². The van der Waals surface area contributed by atoms with Crippen LogP contribution in [0.2, 0.25) is 0 Å². The lowest BCUT2D eigenvalue weighted by Gasteiger charge is -2.38. The van der Waals surface area contributed by atoms with Crippen LogP contribution in [0.15, 0.2) is 48.5 Å². The van der Waals surface area contributed by atoms with Gasteiger partial charge in [0.2, 0.25) is 0 Å². The van der Waals surface area contributed by atoms with Gasteiger partial charge in [-0.25, -0.2) is 0 Å². The van der Waals surface area contributed by atoms with Gasteiger partial charge in [0.15, 0.2) is 0 Å². The van der Waals surface area contributed by atoms with Gasteiger partial charge in [0.1, 0.15) is 5.75 Å². The SMILES string of the molecule is COc1ccc(Cc2ccc(N3CCN(C(C)C)CC3)cc2)cc1. The number of hydrogen-bond acceptors (Lipinski definition) is 3. The van der Waals surface area contributed by atoms with E-state index in [1.807, 2.05) is 12.1 Å². The van der Waals surface area contributed by atoms with Gasteiger partial charge in [-0.05, 0) is 55.7 Å². The molecule has 1 heterocycles. The molecule has 0 radical (unpaired) electrons. The van der Waals surface area contributed by atoms with E-state index >= 15 is 0 Å². The molecule has 3 rings (SSSR count). The standard InChI is InChI=1S/C21H28N2O/c1-17(2)22-12-14-23(15-13-22)20-8-4-18(5-9-20)16-19-6-10-21(24-3)11-7-19/h4-11,17H,12-16H2,1-3H3. The van der Waals surface area contributed by atoms with Crippen molar-refractivity contribution in [3.63, 3.8) is 0 Å². The van der Waals surface area contributed by atoms with Crippen LogP contribution in [0.4, 0.5) is 5.69 Å². The Morgan fingerprint density at radius 1 is 0.833 bits per heavy atom. The third kappa shape index (κ3) is 4.09. The summed E-state index contributed by atoms with van der Waals surface area (Å²) >= 11 is 0. The zero-order valence-corrected chi connectivity index (χ0v) is 15.0. The van der Waals surface area contributed by atoms with E-state index < -0.39 is 0 Å². The van der Waals surface area contributed by atoms with Gasteiger partial charge in [0, 0.05) is 37.9 Å². The van der Waals surface area contributed by atoms with Crippen molar-refractivity contribution in [1.82, 2.24) is 4.90 Å². The molecular weight excluding hydrogens is 296 g/mol. The number of benzene rings is 2. The fraction of sp³-hybridized carbons (Fsp3) is 0.429. The van der Waals surface area contributed by atoms with Crippen molar-refractivity contribution in [1.29, 1.82) is 0 Å². The van der Waals surface area contributed by atoms with Gasteiger partial charge in [-0.15, -0.1) is 0 Å². The van der Waals surface area contributed by atoms with Crippen molar-refractivity contribution in [2.75, 3.05) is 38.2 Å². The molecule has 2 aromatic rings. The third-order valence-corrected chi connectivity index (χ3v) is 4.91. The van der Waals surface area contributed by atoms with Gasteiger partial charge in [-0.2, -0.15) is 0 Å². The predicted octanol–water partition coefficient (Wildman–Crippen LogP) is 3.82. The Balaban J connectivity index is 1.59. The lowest BCUT2D eigenvalue weighted by atomic mass is 10.0. The van der Waals surface area contributed by atoms with E-state index in [4.69, 9.17) is 4.74 Å². The van der Waals surface area contributed by atoms with E-state index in [1.165, 1.54) is 16.8 Å². The molecule has 24 heavy (non-hydrogen) atoms. The van der Waals surface area contributed by atoms with Crippen molar-refractivity contribution in [2.45, 2.75) is 26.3 Å². The molecule has 0 amide bonds. The van der Waals surface area contributed by atoms with Crippen molar-refractivity contribution >= 4 is 5.69 Å². The topological polar surface area (TPSA) is 15.7 Å². The molecule has 2 aromatic carbocycles. The fourth-order valence-corrected chi connectivity index (χ4v) is 3.30. The minimum atomic E-state index is 0.652. The Bertz CT molecular complexity index is 626. The highest BCUT2D eigenvalue weighted by atomic mass is 16.5. The smallest absolute Gasteiger partial charge is 0.118 e. The molecule has 1 saturated heterocycles. The summed E-state index contributed by atoms with van der Waals surface area (Å²) in [6.45, 7) is 9.12. The van der Waals surface area contributed by atoms with Gasteiger partial charge in [-0.3, -0.25) is 4.90 Å². The van der Waals surface area contributed by atoms with Crippen molar-refractivity contribution in [3.05, 3.63) is 59.7 Å². The van der Waals surface area contributed by atoms with Crippen LogP contribution < -0.4 is 9.64 Å². The van der Waals surface area contributed by atoms with Crippen molar-refractivity contribution in [3.8, 4) is 5.75 Å². The van der Waals surface area contributed by atoms with Crippen molar-refractivity contribution < 1.29 is 4.74 Å². The third-order valence-electron chi connectivity index (χ3n) is 4.91.